The predicted octanol–water partition coefficient (Wildman–Crippen LogP) is 5.78. The van der Waals surface area contributed by atoms with Crippen LogP contribution >= 0.6 is 23.4 Å². The molecule has 4 rings (SSSR count). The van der Waals surface area contributed by atoms with Gasteiger partial charge in [-0.1, -0.05) is 53.7 Å². The zero-order valence-corrected chi connectivity index (χ0v) is 19.3. The monoisotopic (exact) mass is 467 g/mol. The molecule has 0 aliphatic rings. The van der Waals surface area contributed by atoms with Gasteiger partial charge in [0.2, 0.25) is 0 Å². The van der Waals surface area contributed by atoms with Crippen LogP contribution in [0, 0.1) is 0 Å². The Hall–Kier alpha value is -3.16. The van der Waals surface area contributed by atoms with Crippen LogP contribution in [0.5, 0.6) is 17.2 Å². The molecule has 0 radical (unpaired) electrons. The molecule has 0 amide bonds. The van der Waals surface area contributed by atoms with Gasteiger partial charge in [0.05, 0.1) is 31.5 Å². The third kappa shape index (κ3) is 5.00. The molecule has 0 bridgehead atoms. The van der Waals surface area contributed by atoms with Gasteiger partial charge >= 0.3 is 0 Å². The van der Waals surface area contributed by atoms with Gasteiger partial charge in [0.15, 0.2) is 11.0 Å². The average molecular weight is 468 g/mol. The van der Waals surface area contributed by atoms with Crippen molar-refractivity contribution in [3.8, 4) is 34.3 Å². The van der Waals surface area contributed by atoms with Crippen LogP contribution in [-0.2, 0) is 0 Å². The average Bonchev–Trinajstić information content (AvgIpc) is 3.26. The highest BCUT2D eigenvalue weighted by Crippen LogP contribution is 2.32. The molecule has 4 aromatic rings. The minimum absolute atomic E-state index is 0.522. The molecule has 0 aliphatic heterocycles. The maximum Gasteiger partial charge on any atom is 0.196 e. The number of aromatic nitrogens is 3. The molecular weight excluding hydrogens is 446 g/mol. The van der Waals surface area contributed by atoms with E-state index in [-0.39, 0.29) is 0 Å². The molecule has 0 unspecified atom stereocenters. The summed E-state index contributed by atoms with van der Waals surface area (Å²) in [7, 11) is 3.24. The number of benzene rings is 3. The first-order valence-corrected chi connectivity index (χ1v) is 11.3. The highest BCUT2D eigenvalue weighted by molar-refractivity contribution is 7.99. The van der Waals surface area contributed by atoms with Crippen LogP contribution < -0.4 is 14.2 Å². The van der Waals surface area contributed by atoms with Crippen LogP contribution in [0.3, 0.4) is 0 Å². The fraction of sp³-hybridized carbons (Fsp3) is 0.167. The molecule has 1 aromatic heterocycles. The first-order valence-electron chi connectivity index (χ1n) is 9.94. The lowest BCUT2D eigenvalue weighted by atomic mass is 10.2. The van der Waals surface area contributed by atoms with Crippen LogP contribution in [0.1, 0.15) is 0 Å². The number of ether oxygens (including phenoxy) is 3. The van der Waals surface area contributed by atoms with Gasteiger partial charge in [-0.15, -0.1) is 10.2 Å². The molecule has 0 atom stereocenters. The van der Waals surface area contributed by atoms with Gasteiger partial charge in [0.25, 0.3) is 0 Å². The SMILES string of the molecule is COc1ccc(OCCSc2nnc(-c3ccccc3)n2-c2ccc(OC)c(Cl)c2)cc1. The van der Waals surface area contributed by atoms with Crippen molar-refractivity contribution in [1.29, 1.82) is 0 Å². The van der Waals surface area contributed by atoms with Gasteiger partial charge in [0.1, 0.15) is 17.2 Å². The summed E-state index contributed by atoms with van der Waals surface area (Å²) in [5, 5.41) is 10.2. The molecule has 32 heavy (non-hydrogen) atoms. The topological polar surface area (TPSA) is 58.4 Å². The number of halogens is 1. The second kappa shape index (κ2) is 10.4. The predicted molar refractivity (Wildman–Crippen MR) is 128 cm³/mol. The molecule has 0 N–H and O–H groups in total. The zero-order chi connectivity index (χ0) is 22.3. The molecule has 0 spiro atoms. The number of nitrogens with zero attached hydrogens (tertiary/aromatic N) is 3. The van der Waals surface area contributed by atoms with E-state index in [0.29, 0.717) is 23.1 Å². The van der Waals surface area contributed by atoms with Crippen molar-refractivity contribution in [2.75, 3.05) is 26.6 Å². The quantitative estimate of drug-likeness (QED) is 0.230. The van der Waals surface area contributed by atoms with Crippen LogP contribution in [0.25, 0.3) is 17.1 Å². The lowest BCUT2D eigenvalue weighted by Crippen LogP contribution is -2.04. The molecule has 6 nitrogen and oxygen atoms in total. The molecule has 0 aliphatic carbocycles. The largest absolute Gasteiger partial charge is 0.497 e. The maximum absolute atomic E-state index is 6.40. The second-order valence-corrected chi connectivity index (χ2v) is 8.17. The van der Waals surface area contributed by atoms with Crippen LogP contribution in [-0.4, -0.2) is 41.3 Å². The summed E-state index contributed by atoms with van der Waals surface area (Å²) in [6.07, 6.45) is 0. The van der Waals surface area contributed by atoms with Crippen molar-refractivity contribution < 1.29 is 14.2 Å². The third-order valence-corrected chi connectivity index (χ3v) is 5.89. The third-order valence-electron chi connectivity index (χ3n) is 4.70. The van der Waals surface area contributed by atoms with Crippen molar-refractivity contribution in [1.82, 2.24) is 14.8 Å². The number of hydrogen-bond donors (Lipinski definition) is 0. The first-order chi connectivity index (χ1) is 15.7. The maximum atomic E-state index is 6.40. The summed E-state index contributed by atoms with van der Waals surface area (Å²) in [4.78, 5) is 0. The van der Waals surface area contributed by atoms with E-state index in [1.807, 2.05) is 77.4 Å². The van der Waals surface area contributed by atoms with Gasteiger partial charge in [0, 0.05) is 11.3 Å². The Morgan fingerprint density at radius 2 is 1.62 bits per heavy atom. The van der Waals surface area contributed by atoms with E-state index in [1.165, 1.54) is 0 Å². The Bertz CT molecular complexity index is 1170. The molecule has 0 fully saturated rings. The van der Waals surface area contributed by atoms with E-state index in [0.717, 1.165) is 33.7 Å². The lowest BCUT2D eigenvalue weighted by molar-refractivity contribution is 0.342. The lowest BCUT2D eigenvalue weighted by Gasteiger charge is -2.12. The Morgan fingerprint density at radius 3 is 2.31 bits per heavy atom. The van der Waals surface area contributed by atoms with E-state index in [2.05, 4.69) is 10.2 Å². The Balaban J connectivity index is 1.55. The molecule has 3 aromatic carbocycles. The molecule has 0 saturated carbocycles. The normalized spacial score (nSPS) is 10.7. The van der Waals surface area contributed by atoms with Gasteiger partial charge in [-0.25, -0.2) is 0 Å². The van der Waals surface area contributed by atoms with Crippen molar-refractivity contribution in [2.45, 2.75) is 5.16 Å². The minimum Gasteiger partial charge on any atom is -0.497 e. The van der Waals surface area contributed by atoms with Gasteiger partial charge < -0.3 is 14.2 Å². The molecular formula is C24H22ClN3O3S. The number of methoxy groups -OCH3 is 2. The highest BCUT2D eigenvalue weighted by atomic mass is 35.5. The fourth-order valence-corrected chi connectivity index (χ4v) is 4.15. The smallest absolute Gasteiger partial charge is 0.196 e. The number of hydrogen-bond acceptors (Lipinski definition) is 6. The Kier molecular flexibility index (Phi) is 7.19. The Morgan fingerprint density at radius 1 is 0.875 bits per heavy atom. The van der Waals surface area contributed by atoms with Gasteiger partial charge in [-0.05, 0) is 42.5 Å². The second-order valence-electron chi connectivity index (χ2n) is 6.70. The van der Waals surface area contributed by atoms with E-state index in [4.69, 9.17) is 25.8 Å². The van der Waals surface area contributed by atoms with E-state index in [9.17, 15) is 0 Å². The highest BCUT2D eigenvalue weighted by Gasteiger charge is 2.17. The molecule has 1 heterocycles. The zero-order valence-electron chi connectivity index (χ0n) is 17.7. The van der Waals surface area contributed by atoms with Crippen molar-refractivity contribution >= 4 is 23.4 Å². The molecule has 164 valence electrons. The van der Waals surface area contributed by atoms with Gasteiger partial charge in [-0.3, -0.25) is 4.57 Å². The van der Waals surface area contributed by atoms with Crippen molar-refractivity contribution in [2.24, 2.45) is 0 Å². The fourth-order valence-electron chi connectivity index (χ4n) is 3.13. The van der Waals surface area contributed by atoms with Crippen molar-refractivity contribution in [3.63, 3.8) is 0 Å². The number of thioether (sulfide) groups is 1. The summed E-state index contributed by atoms with van der Waals surface area (Å²) in [6.45, 7) is 0.522. The number of rotatable bonds is 9. The first kappa shape index (κ1) is 22.0. The molecule has 8 heteroatoms. The summed E-state index contributed by atoms with van der Waals surface area (Å²) in [5.74, 6) is 3.64. The summed E-state index contributed by atoms with van der Waals surface area (Å²) < 4.78 is 18.3. The summed E-state index contributed by atoms with van der Waals surface area (Å²) in [6, 6.07) is 23.1. The van der Waals surface area contributed by atoms with Crippen LogP contribution in [0.2, 0.25) is 5.02 Å². The molecule has 0 saturated heterocycles. The summed E-state index contributed by atoms with van der Waals surface area (Å²) in [5.41, 5.74) is 1.83. The van der Waals surface area contributed by atoms with Gasteiger partial charge in [-0.2, -0.15) is 0 Å². The van der Waals surface area contributed by atoms with Crippen molar-refractivity contribution in [3.05, 3.63) is 77.8 Å². The van der Waals surface area contributed by atoms with E-state index in [1.54, 1.807) is 26.0 Å². The Labute approximate surface area is 196 Å². The van der Waals surface area contributed by atoms with Crippen LogP contribution in [0.4, 0.5) is 0 Å². The minimum atomic E-state index is 0.522. The van der Waals surface area contributed by atoms with Crippen LogP contribution in [0.15, 0.2) is 78.0 Å². The van der Waals surface area contributed by atoms with E-state index < -0.39 is 0 Å². The van der Waals surface area contributed by atoms with E-state index >= 15 is 0 Å². The summed E-state index contributed by atoms with van der Waals surface area (Å²) >= 11 is 7.96. The standard InChI is InChI=1S/C24H22ClN3O3S/c1-29-19-9-11-20(12-10-19)31-14-15-32-24-27-26-23(17-6-4-3-5-7-17)28(24)18-8-13-22(30-2)21(25)16-18/h3-13,16H,14-15H2,1-2H3.